The number of rotatable bonds is 3. The van der Waals surface area contributed by atoms with Crippen molar-refractivity contribution < 1.29 is 9.50 Å². The van der Waals surface area contributed by atoms with Crippen LogP contribution in [-0.4, -0.2) is 32.4 Å². The molecule has 0 aliphatic carbocycles. The molecule has 0 saturated heterocycles. The number of halogens is 1. The third kappa shape index (κ3) is 3.19. The Hall–Kier alpha value is -3.48. The molecule has 136 valence electrons. The maximum atomic E-state index is 13.5. The number of aliphatic imine (C=N–C) groups is 1. The van der Waals surface area contributed by atoms with Crippen molar-refractivity contribution in [3.05, 3.63) is 71.6 Å². The SMILES string of the molecule is Cc1cc(F)ccc1-c1nc(-c2ccncc2)c(C2C=C(O)C(N)=NC2)[nH]1. The highest BCUT2D eigenvalue weighted by molar-refractivity contribution is 5.95. The van der Waals surface area contributed by atoms with Crippen LogP contribution in [0.15, 0.2) is 59.6 Å². The van der Waals surface area contributed by atoms with E-state index >= 15 is 0 Å². The summed E-state index contributed by atoms with van der Waals surface area (Å²) in [6, 6.07) is 8.32. The molecule has 3 aromatic rings. The van der Waals surface area contributed by atoms with Gasteiger partial charge in [-0.15, -0.1) is 0 Å². The number of aliphatic hydroxyl groups excluding tert-OH is 1. The lowest BCUT2D eigenvalue weighted by atomic mass is 9.98. The van der Waals surface area contributed by atoms with E-state index in [-0.39, 0.29) is 23.3 Å². The first kappa shape index (κ1) is 17.0. The number of dihydropyridines is 1. The van der Waals surface area contributed by atoms with Crippen LogP contribution in [-0.2, 0) is 0 Å². The number of imidazole rings is 1. The van der Waals surface area contributed by atoms with Crippen molar-refractivity contribution >= 4 is 5.84 Å². The van der Waals surface area contributed by atoms with Gasteiger partial charge in [0.1, 0.15) is 11.6 Å². The molecule has 6 nitrogen and oxygen atoms in total. The second-order valence-corrected chi connectivity index (χ2v) is 6.43. The van der Waals surface area contributed by atoms with Gasteiger partial charge >= 0.3 is 0 Å². The zero-order valence-corrected chi connectivity index (χ0v) is 14.6. The van der Waals surface area contributed by atoms with Crippen molar-refractivity contribution in [2.45, 2.75) is 12.8 Å². The number of aryl methyl sites for hydroxylation is 1. The maximum Gasteiger partial charge on any atom is 0.160 e. The highest BCUT2D eigenvalue weighted by Gasteiger charge is 2.24. The van der Waals surface area contributed by atoms with E-state index in [1.807, 2.05) is 19.1 Å². The standard InChI is InChI=1S/C20H18FN5O/c1-11-8-14(21)2-3-15(11)20-25-17(12-4-6-23-7-5-12)18(26-20)13-9-16(27)19(22)24-10-13/h2-9,13,27H,10H2,1H3,(H2,22,24)(H,25,26). The molecule has 0 saturated carbocycles. The minimum atomic E-state index is -0.290. The van der Waals surface area contributed by atoms with E-state index in [1.54, 1.807) is 24.5 Å². The van der Waals surface area contributed by atoms with Gasteiger partial charge in [0.15, 0.2) is 11.6 Å². The van der Waals surface area contributed by atoms with Gasteiger partial charge in [0, 0.05) is 29.4 Å². The molecule has 1 unspecified atom stereocenters. The number of aromatic nitrogens is 3. The van der Waals surface area contributed by atoms with Crippen molar-refractivity contribution in [1.29, 1.82) is 0 Å². The number of nitrogens with zero attached hydrogens (tertiary/aromatic N) is 3. The summed E-state index contributed by atoms with van der Waals surface area (Å²) in [5, 5.41) is 9.99. The summed E-state index contributed by atoms with van der Waals surface area (Å²) in [7, 11) is 0. The number of pyridine rings is 1. The summed E-state index contributed by atoms with van der Waals surface area (Å²) in [6.07, 6.45) is 5.06. The molecule has 2 aromatic heterocycles. The van der Waals surface area contributed by atoms with Gasteiger partial charge in [0.25, 0.3) is 0 Å². The summed E-state index contributed by atoms with van der Waals surface area (Å²) < 4.78 is 13.5. The second-order valence-electron chi connectivity index (χ2n) is 6.43. The van der Waals surface area contributed by atoms with Crippen LogP contribution in [0.1, 0.15) is 17.2 Å². The van der Waals surface area contributed by atoms with Crippen LogP contribution in [0, 0.1) is 12.7 Å². The lowest BCUT2D eigenvalue weighted by Gasteiger charge is -2.16. The minimum absolute atomic E-state index is 0.0407. The lowest BCUT2D eigenvalue weighted by Crippen LogP contribution is -2.21. The summed E-state index contributed by atoms with van der Waals surface area (Å²) in [4.78, 5) is 16.3. The Morgan fingerprint density at radius 2 is 2.00 bits per heavy atom. The van der Waals surface area contributed by atoms with Crippen LogP contribution in [0.3, 0.4) is 0 Å². The molecule has 0 bridgehead atoms. The molecule has 0 radical (unpaired) electrons. The van der Waals surface area contributed by atoms with Crippen LogP contribution in [0.25, 0.3) is 22.6 Å². The zero-order chi connectivity index (χ0) is 19.0. The van der Waals surface area contributed by atoms with Gasteiger partial charge < -0.3 is 15.8 Å². The first-order chi connectivity index (χ1) is 13.0. The molecule has 3 heterocycles. The Kier molecular flexibility index (Phi) is 4.19. The summed E-state index contributed by atoms with van der Waals surface area (Å²) >= 11 is 0. The first-order valence-corrected chi connectivity index (χ1v) is 8.51. The number of aromatic amines is 1. The molecule has 27 heavy (non-hydrogen) atoms. The van der Waals surface area contributed by atoms with E-state index in [1.165, 1.54) is 12.1 Å². The van der Waals surface area contributed by atoms with Crippen molar-refractivity contribution in [3.63, 3.8) is 0 Å². The van der Waals surface area contributed by atoms with Crippen molar-refractivity contribution in [2.75, 3.05) is 6.54 Å². The van der Waals surface area contributed by atoms with Gasteiger partial charge in [-0.3, -0.25) is 9.98 Å². The molecular formula is C20H18FN5O. The first-order valence-electron chi connectivity index (χ1n) is 8.51. The maximum absolute atomic E-state index is 13.5. The average molecular weight is 363 g/mol. The highest BCUT2D eigenvalue weighted by Crippen LogP contribution is 2.33. The van der Waals surface area contributed by atoms with Crippen molar-refractivity contribution in [1.82, 2.24) is 15.0 Å². The number of H-pyrrole nitrogens is 1. The normalized spacial score (nSPS) is 16.7. The van der Waals surface area contributed by atoms with Gasteiger partial charge in [0.2, 0.25) is 0 Å². The molecule has 7 heteroatoms. The van der Waals surface area contributed by atoms with Gasteiger partial charge in [0.05, 0.1) is 17.9 Å². The Morgan fingerprint density at radius 3 is 2.70 bits per heavy atom. The molecule has 0 amide bonds. The van der Waals surface area contributed by atoms with Gasteiger partial charge in [-0.1, -0.05) is 0 Å². The molecular weight excluding hydrogens is 345 g/mol. The fourth-order valence-corrected chi connectivity index (χ4v) is 3.19. The van der Waals surface area contributed by atoms with Crippen molar-refractivity contribution in [2.24, 2.45) is 10.7 Å². The predicted molar refractivity (Wildman–Crippen MR) is 102 cm³/mol. The molecule has 1 aliphatic rings. The number of nitrogens with one attached hydrogen (secondary N) is 1. The smallest absolute Gasteiger partial charge is 0.160 e. The predicted octanol–water partition coefficient (Wildman–Crippen LogP) is 3.48. The molecule has 4 N–H and O–H groups in total. The van der Waals surface area contributed by atoms with E-state index in [0.717, 1.165) is 28.1 Å². The van der Waals surface area contributed by atoms with Gasteiger partial charge in [-0.05, 0) is 48.9 Å². The fourth-order valence-electron chi connectivity index (χ4n) is 3.19. The summed E-state index contributed by atoms with van der Waals surface area (Å²) in [6.45, 7) is 2.24. The third-order valence-electron chi connectivity index (χ3n) is 4.58. The average Bonchev–Trinajstić information content (AvgIpc) is 3.10. The van der Waals surface area contributed by atoms with E-state index in [0.29, 0.717) is 12.4 Å². The second kappa shape index (κ2) is 6.68. The fraction of sp³-hybridized carbons (Fsp3) is 0.150. The van der Waals surface area contributed by atoms with Crippen LogP contribution < -0.4 is 5.73 Å². The molecule has 4 rings (SSSR count). The van der Waals surface area contributed by atoms with Gasteiger partial charge in [-0.25, -0.2) is 9.37 Å². The number of benzene rings is 1. The number of nitrogens with two attached hydrogens (primary N) is 1. The molecule has 0 fully saturated rings. The largest absolute Gasteiger partial charge is 0.504 e. The summed E-state index contributed by atoms with van der Waals surface area (Å²) in [5.74, 6) is 0.224. The Morgan fingerprint density at radius 1 is 1.22 bits per heavy atom. The Balaban J connectivity index is 1.86. The topological polar surface area (TPSA) is 100 Å². The molecule has 1 aliphatic heterocycles. The quantitative estimate of drug-likeness (QED) is 0.663. The van der Waals surface area contributed by atoms with Gasteiger partial charge in [-0.2, -0.15) is 0 Å². The Bertz CT molecular complexity index is 1060. The minimum Gasteiger partial charge on any atom is -0.504 e. The zero-order valence-electron chi connectivity index (χ0n) is 14.6. The molecule has 1 atom stereocenters. The van der Waals surface area contributed by atoms with Crippen molar-refractivity contribution in [3.8, 4) is 22.6 Å². The van der Waals surface area contributed by atoms with Crippen LogP contribution in [0.4, 0.5) is 4.39 Å². The van der Waals surface area contributed by atoms with Crippen LogP contribution in [0.5, 0.6) is 0 Å². The third-order valence-corrected chi connectivity index (χ3v) is 4.58. The summed E-state index contributed by atoms with van der Waals surface area (Å²) in [5.41, 5.74) is 9.68. The number of aliphatic hydroxyl groups is 1. The monoisotopic (exact) mass is 363 g/mol. The van der Waals surface area contributed by atoms with E-state index < -0.39 is 0 Å². The van der Waals surface area contributed by atoms with E-state index in [4.69, 9.17) is 10.7 Å². The van der Waals surface area contributed by atoms with E-state index in [9.17, 15) is 9.50 Å². The van der Waals surface area contributed by atoms with E-state index in [2.05, 4.69) is 15.0 Å². The highest BCUT2D eigenvalue weighted by atomic mass is 19.1. The number of amidine groups is 1. The van der Waals surface area contributed by atoms with Crippen LogP contribution >= 0.6 is 0 Å². The number of hydrogen-bond donors (Lipinski definition) is 3. The molecule has 1 aromatic carbocycles. The number of hydrogen-bond acceptors (Lipinski definition) is 5. The Labute approximate surface area is 155 Å². The lowest BCUT2D eigenvalue weighted by molar-refractivity contribution is 0.433. The molecule has 0 spiro atoms. The van der Waals surface area contributed by atoms with Crippen LogP contribution in [0.2, 0.25) is 0 Å².